The van der Waals surface area contributed by atoms with E-state index in [1.54, 1.807) is 36.4 Å². The van der Waals surface area contributed by atoms with Crippen molar-refractivity contribution in [1.82, 2.24) is 0 Å². The van der Waals surface area contributed by atoms with Gasteiger partial charge in [-0.3, -0.25) is 0 Å². The molecule has 0 radical (unpaired) electrons. The Kier molecular flexibility index (Phi) is 5.24. The van der Waals surface area contributed by atoms with Gasteiger partial charge in [0, 0.05) is 0 Å². The van der Waals surface area contributed by atoms with Gasteiger partial charge in [0.1, 0.15) is 17.3 Å². The minimum Gasteiger partial charge on any atom is -0.497 e. The molecule has 1 N–H and O–H groups in total. The van der Waals surface area contributed by atoms with E-state index in [9.17, 15) is 18.3 Å². The van der Waals surface area contributed by atoms with Gasteiger partial charge in [-0.15, -0.1) is 0 Å². The second kappa shape index (κ2) is 7.45. The standard InChI is InChI=1S/C22H19F3O2/c1-27-19-14-12-18(13-15-19)21(26,17-10-6-3-7-11-17)20(22(23,24)25)16-8-4-2-5-9-16/h2-15,20,26H,1H3. The van der Waals surface area contributed by atoms with Crippen molar-refractivity contribution in [3.8, 4) is 5.75 Å². The van der Waals surface area contributed by atoms with Gasteiger partial charge in [0.25, 0.3) is 0 Å². The molecule has 0 bridgehead atoms. The van der Waals surface area contributed by atoms with Crippen LogP contribution >= 0.6 is 0 Å². The SMILES string of the molecule is COc1ccc(C(O)(c2ccccc2)C(c2ccccc2)C(F)(F)F)cc1. The topological polar surface area (TPSA) is 29.5 Å². The molecule has 2 atom stereocenters. The molecule has 0 aromatic heterocycles. The van der Waals surface area contributed by atoms with Gasteiger partial charge in [-0.05, 0) is 28.8 Å². The maximum atomic E-state index is 14.2. The molecular formula is C22H19F3O2. The van der Waals surface area contributed by atoms with E-state index in [-0.39, 0.29) is 16.7 Å². The molecule has 2 nitrogen and oxygen atoms in total. The molecule has 5 heteroatoms. The molecule has 3 rings (SSSR count). The molecule has 0 fully saturated rings. The van der Waals surface area contributed by atoms with E-state index < -0.39 is 17.7 Å². The van der Waals surface area contributed by atoms with Crippen LogP contribution in [0.2, 0.25) is 0 Å². The fraction of sp³-hybridized carbons (Fsp3) is 0.182. The number of ether oxygens (including phenoxy) is 1. The van der Waals surface area contributed by atoms with Gasteiger partial charge in [0.05, 0.1) is 7.11 Å². The molecule has 0 amide bonds. The van der Waals surface area contributed by atoms with Crippen molar-refractivity contribution in [3.63, 3.8) is 0 Å². The molecule has 27 heavy (non-hydrogen) atoms. The fourth-order valence-electron chi connectivity index (χ4n) is 3.35. The normalized spacial score (nSPS) is 15.0. The summed E-state index contributed by atoms with van der Waals surface area (Å²) in [5.41, 5.74) is -2.00. The molecule has 0 aliphatic rings. The second-order valence-electron chi connectivity index (χ2n) is 6.25. The van der Waals surface area contributed by atoms with Crippen molar-refractivity contribution in [3.05, 3.63) is 102 Å². The summed E-state index contributed by atoms with van der Waals surface area (Å²) in [6, 6.07) is 21.4. The number of halogens is 3. The average Bonchev–Trinajstić information content (AvgIpc) is 2.68. The smallest absolute Gasteiger partial charge is 0.399 e. The molecular weight excluding hydrogens is 353 g/mol. The summed E-state index contributed by atoms with van der Waals surface area (Å²) in [6.07, 6.45) is -4.67. The van der Waals surface area contributed by atoms with Crippen molar-refractivity contribution in [2.45, 2.75) is 17.7 Å². The van der Waals surface area contributed by atoms with Crippen molar-refractivity contribution >= 4 is 0 Å². The highest BCUT2D eigenvalue weighted by Gasteiger charge is 2.55. The van der Waals surface area contributed by atoms with Crippen LogP contribution in [0, 0.1) is 0 Å². The van der Waals surface area contributed by atoms with Crippen LogP contribution in [0.15, 0.2) is 84.9 Å². The summed E-state index contributed by atoms with van der Waals surface area (Å²) in [7, 11) is 1.47. The van der Waals surface area contributed by atoms with E-state index in [0.717, 1.165) is 0 Å². The molecule has 3 aromatic rings. The molecule has 0 aliphatic heterocycles. The average molecular weight is 372 g/mol. The van der Waals surface area contributed by atoms with Crippen LogP contribution in [0.1, 0.15) is 22.6 Å². The number of methoxy groups -OCH3 is 1. The maximum absolute atomic E-state index is 14.2. The Hall–Kier alpha value is -2.79. The largest absolute Gasteiger partial charge is 0.497 e. The van der Waals surface area contributed by atoms with Gasteiger partial charge >= 0.3 is 6.18 Å². The van der Waals surface area contributed by atoms with E-state index in [2.05, 4.69) is 0 Å². The molecule has 3 aromatic carbocycles. The highest BCUT2D eigenvalue weighted by atomic mass is 19.4. The van der Waals surface area contributed by atoms with Crippen molar-refractivity contribution < 1.29 is 23.0 Å². The van der Waals surface area contributed by atoms with E-state index >= 15 is 0 Å². The van der Waals surface area contributed by atoms with Crippen LogP contribution in [-0.2, 0) is 5.60 Å². The summed E-state index contributed by atoms with van der Waals surface area (Å²) in [4.78, 5) is 0. The lowest BCUT2D eigenvalue weighted by molar-refractivity contribution is -0.190. The van der Waals surface area contributed by atoms with Gasteiger partial charge < -0.3 is 9.84 Å². The molecule has 140 valence electrons. The third-order valence-corrected chi connectivity index (χ3v) is 4.62. The zero-order valence-electron chi connectivity index (χ0n) is 14.6. The zero-order valence-corrected chi connectivity index (χ0v) is 14.6. The van der Waals surface area contributed by atoms with Gasteiger partial charge in [-0.2, -0.15) is 13.2 Å². The predicted molar refractivity (Wildman–Crippen MR) is 97.7 cm³/mol. The van der Waals surface area contributed by atoms with Crippen molar-refractivity contribution in [1.29, 1.82) is 0 Å². The number of hydrogen-bond acceptors (Lipinski definition) is 2. The summed E-state index contributed by atoms with van der Waals surface area (Å²) in [6.45, 7) is 0. The second-order valence-corrected chi connectivity index (χ2v) is 6.25. The zero-order chi connectivity index (χ0) is 19.5. The minimum atomic E-state index is -4.67. The van der Waals surface area contributed by atoms with Crippen LogP contribution in [0.5, 0.6) is 5.75 Å². The van der Waals surface area contributed by atoms with Gasteiger partial charge in [-0.25, -0.2) is 0 Å². The highest BCUT2D eigenvalue weighted by Crippen LogP contribution is 2.50. The number of aliphatic hydroxyl groups is 1. The van der Waals surface area contributed by atoms with Gasteiger partial charge in [0.2, 0.25) is 0 Å². The van der Waals surface area contributed by atoms with Crippen LogP contribution in [0.4, 0.5) is 13.2 Å². The van der Waals surface area contributed by atoms with Gasteiger partial charge in [0.15, 0.2) is 0 Å². The van der Waals surface area contributed by atoms with E-state index in [1.807, 2.05) is 0 Å². The first-order valence-electron chi connectivity index (χ1n) is 8.41. The Morgan fingerprint density at radius 3 is 1.70 bits per heavy atom. The molecule has 0 aliphatic carbocycles. The number of alkyl halides is 3. The van der Waals surface area contributed by atoms with Crippen LogP contribution in [-0.4, -0.2) is 18.4 Å². The Morgan fingerprint density at radius 1 is 0.741 bits per heavy atom. The van der Waals surface area contributed by atoms with Gasteiger partial charge in [-0.1, -0.05) is 72.8 Å². The molecule has 0 saturated heterocycles. The number of benzene rings is 3. The Labute approximate surface area is 155 Å². The number of hydrogen-bond donors (Lipinski definition) is 1. The third kappa shape index (κ3) is 3.69. The fourth-order valence-corrected chi connectivity index (χ4v) is 3.35. The lowest BCUT2D eigenvalue weighted by Crippen LogP contribution is -2.42. The minimum absolute atomic E-state index is 0.00725. The predicted octanol–water partition coefficient (Wildman–Crippen LogP) is 5.28. The van der Waals surface area contributed by atoms with Crippen LogP contribution in [0.25, 0.3) is 0 Å². The summed E-state index contributed by atoms with van der Waals surface area (Å²) < 4.78 is 47.8. The van der Waals surface area contributed by atoms with Crippen LogP contribution < -0.4 is 4.74 Å². The maximum Gasteiger partial charge on any atom is 0.399 e. The quantitative estimate of drug-likeness (QED) is 0.661. The molecule has 2 unspecified atom stereocenters. The van der Waals surface area contributed by atoms with E-state index in [4.69, 9.17) is 4.74 Å². The third-order valence-electron chi connectivity index (χ3n) is 4.62. The van der Waals surface area contributed by atoms with E-state index in [0.29, 0.717) is 5.75 Å². The Balaban J connectivity index is 2.27. The Bertz CT molecular complexity index is 862. The van der Waals surface area contributed by atoms with Crippen molar-refractivity contribution in [2.24, 2.45) is 0 Å². The van der Waals surface area contributed by atoms with Crippen molar-refractivity contribution in [2.75, 3.05) is 7.11 Å². The first-order chi connectivity index (χ1) is 12.9. The highest BCUT2D eigenvalue weighted by molar-refractivity contribution is 5.44. The monoisotopic (exact) mass is 372 g/mol. The first-order valence-corrected chi connectivity index (χ1v) is 8.41. The molecule has 0 heterocycles. The molecule has 0 spiro atoms. The number of rotatable bonds is 5. The van der Waals surface area contributed by atoms with E-state index in [1.165, 1.54) is 55.6 Å². The summed E-state index contributed by atoms with van der Waals surface area (Å²) in [5, 5.41) is 11.6. The first kappa shape index (κ1) is 19.0. The Morgan fingerprint density at radius 2 is 1.22 bits per heavy atom. The lowest BCUT2D eigenvalue weighted by atomic mass is 9.72. The summed E-state index contributed by atoms with van der Waals surface area (Å²) in [5.74, 6) is -1.64. The van der Waals surface area contributed by atoms with Crippen LogP contribution in [0.3, 0.4) is 0 Å². The molecule has 0 saturated carbocycles. The summed E-state index contributed by atoms with van der Waals surface area (Å²) >= 11 is 0. The lowest BCUT2D eigenvalue weighted by Gasteiger charge is -2.38.